The number of imidazole rings is 1. The van der Waals surface area contributed by atoms with Crippen LogP contribution in [-0.4, -0.2) is 16.7 Å². The molecule has 0 saturated heterocycles. The van der Waals surface area contributed by atoms with Gasteiger partial charge in [-0.3, -0.25) is 0 Å². The van der Waals surface area contributed by atoms with E-state index < -0.39 is 0 Å². The van der Waals surface area contributed by atoms with Gasteiger partial charge < -0.3 is 9.30 Å². The first-order valence-corrected chi connectivity index (χ1v) is 7.94. The predicted molar refractivity (Wildman–Crippen MR) is 82.4 cm³/mol. The highest BCUT2D eigenvalue weighted by Gasteiger charge is 2.17. The number of benzene rings is 1. The van der Waals surface area contributed by atoms with Crippen molar-refractivity contribution in [1.82, 2.24) is 9.55 Å². The quantitative estimate of drug-likeness (QED) is 0.766. The summed E-state index contributed by atoms with van der Waals surface area (Å²) < 4.78 is 7.54. The zero-order chi connectivity index (χ0) is 13.9. The second-order valence-electron chi connectivity index (χ2n) is 5.61. The molecule has 1 fully saturated rings. The van der Waals surface area contributed by atoms with Gasteiger partial charge in [-0.25, -0.2) is 4.98 Å². The second-order valence-corrected chi connectivity index (χ2v) is 5.87. The maximum absolute atomic E-state index is 6.06. The molecular formula is C16H21ClN2O. The molecule has 0 bridgehead atoms. The number of rotatable bonds is 5. The third-order valence-electron chi connectivity index (χ3n) is 4.39. The number of hydrogen-bond donors (Lipinski definition) is 0. The maximum atomic E-state index is 6.06. The molecule has 0 atom stereocenters. The van der Waals surface area contributed by atoms with Gasteiger partial charge in [0, 0.05) is 12.6 Å². The van der Waals surface area contributed by atoms with E-state index in [9.17, 15) is 0 Å². The minimum Gasteiger partial charge on any atom is -0.497 e. The highest BCUT2D eigenvalue weighted by Crippen LogP contribution is 2.29. The summed E-state index contributed by atoms with van der Waals surface area (Å²) in [5.74, 6) is 3.16. The summed E-state index contributed by atoms with van der Waals surface area (Å²) in [7, 11) is 1.68. The van der Waals surface area contributed by atoms with E-state index in [1.807, 2.05) is 12.1 Å². The van der Waals surface area contributed by atoms with Crippen LogP contribution in [-0.2, 0) is 12.4 Å². The van der Waals surface area contributed by atoms with Crippen LogP contribution in [0.4, 0.5) is 0 Å². The van der Waals surface area contributed by atoms with E-state index in [1.165, 1.54) is 37.6 Å². The predicted octanol–water partition coefficient (Wildman–Crippen LogP) is 4.36. The molecule has 0 radical (unpaired) electrons. The Morgan fingerprint density at radius 2 is 2.15 bits per heavy atom. The fourth-order valence-electron chi connectivity index (χ4n) is 3.25. The lowest BCUT2D eigenvalue weighted by atomic mass is 10.0. The zero-order valence-electron chi connectivity index (χ0n) is 11.9. The van der Waals surface area contributed by atoms with E-state index in [4.69, 9.17) is 16.3 Å². The number of methoxy groups -OCH3 is 1. The Kier molecular flexibility index (Phi) is 4.16. The van der Waals surface area contributed by atoms with Crippen molar-refractivity contribution in [2.24, 2.45) is 5.92 Å². The van der Waals surface area contributed by atoms with Gasteiger partial charge in [0.15, 0.2) is 0 Å². The number of fused-ring (bicyclic) bond motifs is 1. The average Bonchev–Trinajstić information content (AvgIpc) is 3.11. The monoisotopic (exact) mass is 292 g/mol. The number of halogens is 1. The van der Waals surface area contributed by atoms with Crippen LogP contribution in [0.25, 0.3) is 11.0 Å². The highest BCUT2D eigenvalue weighted by molar-refractivity contribution is 6.16. The summed E-state index contributed by atoms with van der Waals surface area (Å²) >= 11 is 6.06. The molecular weight excluding hydrogens is 272 g/mol. The number of aryl methyl sites for hydroxylation is 1. The van der Waals surface area contributed by atoms with E-state index >= 15 is 0 Å². The van der Waals surface area contributed by atoms with Gasteiger partial charge in [-0.2, -0.15) is 0 Å². The number of nitrogens with zero attached hydrogens (tertiary/aromatic N) is 2. The van der Waals surface area contributed by atoms with Crippen LogP contribution in [0.1, 0.15) is 37.9 Å². The third kappa shape index (κ3) is 2.64. The van der Waals surface area contributed by atoms with Gasteiger partial charge in [0.25, 0.3) is 0 Å². The minimum atomic E-state index is 0.460. The van der Waals surface area contributed by atoms with E-state index in [0.29, 0.717) is 5.88 Å². The largest absolute Gasteiger partial charge is 0.497 e. The lowest BCUT2D eigenvalue weighted by Crippen LogP contribution is -2.06. The molecule has 0 aliphatic heterocycles. The van der Waals surface area contributed by atoms with Gasteiger partial charge in [0.1, 0.15) is 11.6 Å². The molecule has 0 unspecified atom stereocenters. The average molecular weight is 293 g/mol. The Bertz CT molecular complexity index is 587. The molecule has 1 aliphatic rings. The van der Waals surface area contributed by atoms with Crippen LogP contribution in [0.5, 0.6) is 5.75 Å². The highest BCUT2D eigenvalue weighted by atomic mass is 35.5. The third-order valence-corrected chi connectivity index (χ3v) is 4.63. The lowest BCUT2D eigenvalue weighted by Gasteiger charge is -2.12. The molecule has 1 saturated carbocycles. The van der Waals surface area contributed by atoms with Crippen LogP contribution in [0.2, 0.25) is 0 Å². The number of alkyl halides is 1. The van der Waals surface area contributed by atoms with Crippen molar-refractivity contribution in [3.05, 3.63) is 24.0 Å². The Hall–Kier alpha value is -1.22. The van der Waals surface area contributed by atoms with Crippen LogP contribution in [0, 0.1) is 5.92 Å². The molecule has 2 aromatic rings. The smallest absolute Gasteiger partial charge is 0.124 e. The normalized spacial score (nSPS) is 16.1. The first-order valence-electron chi connectivity index (χ1n) is 7.41. The Balaban J connectivity index is 1.87. The van der Waals surface area contributed by atoms with Crippen molar-refractivity contribution >= 4 is 22.6 Å². The van der Waals surface area contributed by atoms with Crippen LogP contribution < -0.4 is 4.74 Å². The van der Waals surface area contributed by atoms with Gasteiger partial charge >= 0.3 is 0 Å². The van der Waals surface area contributed by atoms with Gasteiger partial charge in [-0.05, 0) is 24.5 Å². The zero-order valence-corrected chi connectivity index (χ0v) is 12.7. The number of aromatic nitrogens is 2. The molecule has 1 aromatic heterocycles. The summed E-state index contributed by atoms with van der Waals surface area (Å²) in [6.45, 7) is 1.02. The summed E-state index contributed by atoms with van der Waals surface area (Å²) in [5.41, 5.74) is 2.14. The maximum Gasteiger partial charge on any atom is 0.124 e. The van der Waals surface area contributed by atoms with Gasteiger partial charge in [-0.1, -0.05) is 25.7 Å². The lowest BCUT2D eigenvalue weighted by molar-refractivity contribution is 0.415. The fraction of sp³-hybridized carbons (Fsp3) is 0.562. The van der Waals surface area contributed by atoms with Crippen molar-refractivity contribution in [3.63, 3.8) is 0 Å². The molecule has 108 valence electrons. The van der Waals surface area contributed by atoms with E-state index in [-0.39, 0.29) is 0 Å². The SMILES string of the molecule is COc1ccc2c(c1)nc(CCl)n2CCC1CCCC1. The van der Waals surface area contributed by atoms with Gasteiger partial charge in [0.05, 0.1) is 24.0 Å². The molecule has 1 heterocycles. The van der Waals surface area contributed by atoms with Crippen molar-refractivity contribution in [2.45, 2.75) is 44.5 Å². The second kappa shape index (κ2) is 6.04. The number of hydrogen-bond acceptors (Lipinski definition) is 2. The van der Waals surface area contributed by atoms with Crippen LogP contribution in [0.3, 0.4) is 0 Å². The Labute approximate surface area is 124 Å². The Morgan fingerprint density at radius 3 is 2.85 bits per heavy atom. The van der Waals surface area contributed by atoms with Crippen LogP contribution >= 0.6 is 11.6 Å². The molecule has 0 spiro atoms. The molecule has 4 heteroatoms. The standard InChI is InChI=1S/C16H21ClN2O/c1-20-13-6-7-15-14(10-13)18-16(11-17)19(15)9-8-12-4-2-3-5-12/h6-7,10,12H,2-5,8-9,11H2,1H3. The fourth-order valence-corrected chi connectivity index (χ4v) is 3.45. The summed E-state index contributed by atoms with van der Waals surface area (Å²) in [6.07, 6.45) is 6.80. The van der Waals surface area contributed by atoms with Crippen molar-refractivity contribution in [3.8, 4) is 5.75 Å². The van der Waals surface area contributed by atoms with Crippen LogP contribution in [0.15, 0.2) is 18.2 Å². The minimum absolute atomic E-state index is 0.460. The van der Waals surface area contributed by atoms with Crippen molar-refractivity contribution in [2.75, 3.05) is 7.11 Å². The molecule has 3 nitrogen and oxygen atoms in total. The first kappa shape index (κ1) is 13.7. The molecule has 20 heavy (non-hydrogen) atoms. The van der Waals surface area contributed by atoms with Crippen molar-refractivity contribution in [1.29, 1.82) is 0 Å². The molecule has 3 rings (SSSR count). The molecule has 0 amide bonds. The first-order chi connectivity index (χ1) is 9.81. The van der Waals surface area contributed by atoms with Gasteiger partial charge in [0.2, 0.25) is 0 Å². The molecule has 1 aromatic carbocycles. The van der Waals surface area contributed by atoms with E-state index in [0.717, 1.165) is 29.6 Å². The van der Waals surface area contributed by atoms with Gasteiger partial charge in [-0.15, -0.1) is 11.6 Å². The van der Waals surface area contributed by atoms with E-state index in [1.54, 1.807) is 7.11 Å². The topological polar surface area (TPSA) is 27.1 Å². The molecule has 1 aliphatic carbocycles. The van der Waals surface area contributed by atoms with E-state index in [2.05, 4.69) is 15.6 Å². The molecule has 0 N–H and O–H groups in total. The summed E-state index contributed by atoms with van der Waals surface area (Å²) in [5, 5.41) is 0. The Morgan fingerprint density at radius 1 is 1.35 bits per heavy atom. The van der Waals surface area contributed by atoms with Crippen molar-refractivity contribution < 1.29 is 4.74 Å². The number of ether oxygens (including phenoxy) is 1. The summed E-state index contributed by atoms with van der Waals surface area (Å²) in [6, 6.07) is 6.07. The summed E-state index contributed by atoms with van der Waals surface area (Å²) in [4.78, 5) is 4.64.